The van der Waals surface area contributed by atoms with Gasteiger partial charge >= 0.3 is 0 Å². The Bertz CT molecular complexity index is 557. The average Bonchev–Trinajstić information content (AvgIpc) is 2.42. The van der Waals surface area contributed by atoms with E-state index in [0.717, 1.165) is 15.1 Å². The van der Waals surface area contributed by atoms with Gasteiger partial charge in [0.05, 0.1) is 5.69 Å². The van der Waals surface area contributed by atoms with Crippen molar-refractivity contribution in [3.63, 3.8) is 0 Å². The Morgan fingerprint density at radius 1 is 1.17 bits per heavy atom. The van der Waals surface area contributed by atoms with E-state index in [1.807, 2.05) is 42.7 Å². The molecule has 1 amide bonds. The highest BCUT2D eigenvalue weighted by Gasteiger charge is 2.07. The van der Waals surface area contributed by atoms with E-state index in [0.29, 0.717) is 5.56 Å². The Morgan fingerprint density at radius 3 is 2.50 bits per heavy atom. The molecule has 2 aromatic rings. The van der Waals surface area contributed by atoms with Crippen molar-refractivity contribution >= 4 is 39.3 Å². The minimum absolute atomic E-state index is 0.104. The molecule has 0 aliphatic heterocycles. The molecule has 0 unspecified atom stereocenters. The van der Waals surface area contributed by atoms with Crippen LogP contribution in [0.25, 0.3) is 0 Å². The highest BCUT2D eigenvalue weighted by atomic mass is 79.9. The summed E-state index contributed by atoms with van der Waals surface area (Å²) in [6, 6.07) is 15.0. The number of benzene rings is 2. The van der Waals surface area contributed by atoms with Crippen LogP contribution < -0.4 is 5.32 Å². The number of carbonyl (C=O) groups is 1. The third-order valence-electron chi connectivity index (χ3n) is 2.46. The van der Waals surface area contributed by atoms with Crippen LogP contribution in [0.15, 0.2) is 57.9 Å². The number of amides is 1. The molecule has 2 aromatic carbocycles. The third kappa shape index (κ3) is 3.15. The molecule has 0 fully saturated rings. The summed E-state index contributed by atoms with van der Waals surface area (Å²) in [4.78, 5) is 13.1. The van der Waals surface area contributed by atoms with Crippen LogP contribution in [0.3, 0.4) is 0 Å². The van der Waals surface area contributed by atoms with Gasteiger partial charge in [-0.1, -0.05) is 18.2 Å². The summed E-state index contributed by atoms with van der Waals surface area (Å²) in [7, 11) is 0. The first-order chi connectivity index (χ1) is 8.70. The molecule has 0 aliphatic rings. The monoisotopic (exact) mass is 321 g/mol. The molecule has 0 saturated carbocycles. The van der Waals surface area contributed by atoms with Crippen molar-refractivity contribution in [2.24, 2.45) is 0 Å². The second kappa shape index (κ2) is 6.07. The quantitative estimate of drug-likeness (QED) is 0.848. The number of hydrogen-bond acceptors (Lipinski definition) is 2. The molecule has 0 saturated heterocycles. The molecule has 0 spiro atoms. The molecule has 2 nitrogen and oxygen atoms in total. The van der Waals surface area contributed by atoms with E-state index in [1.54, 1.807) is 23.9 Å². The zero-order valence-electron chi connectivity index (χ0n) is 9.81. The minimum Gasteiger partial charge on any atom is -0.321 e. The Morgan fingerprint density at radius 2 is 1.89 bits per heavy atom. The predicted octanol–water partition coefficient (Wildman–Crippen LogP) is 4.42. The summed E-state index contributed by atoms with van der Waals surface area (Å²) in [6.45, 7) is 0. The smallest absolute Gasteiger partial charge is 0.255 e. The number of thioether (sulfide) groups is 1. The lowest BCUT2D eigenvalue weighted by molar-refractivity contribution is 0.102. The Balaban J connectivity index is 2.17. The van der Waals surface area contributed by atoms with Gasteiger partial charge in [0.15, 0.2) is 0 Å². The summed E-state index contributed by atoms with van der Waals surface area (Å²) in [5.74, 6) is -0.104. The van der Waals surface area contributed by atoms with Gasteiger partial charge in [0.2, 0.25) is 0 Å². The van der Waals surface area contributed by atoms with Crippen LogP contribution >= 0.6 is 27.7 Å². The number of anilines is 1. The maximum atomic E-state index is 12.0. The summed E-state index contributed by atoms with van der Waals surface area (Å²) >= 11 is 5.13. The average molecular weight is 322 g/mol. The fraction of sp³-hybridized carbons (Fsp3) is 0.0714. The van der Waals surface area contributed by atoms with Crippen LogP contribution in [0.1, 0.15) is 10.4 Å². The van der Waals surface area contributed by atoms with Gasteiger partial charge in [-0.2, -0.15) is 0 Å². The van der Waals surface area contributed by atoms with Gasteiger partial charge in [-0.25, -0.2) is 0 Å². The molecule has 0 bridgehead atoms. The molecular formula is C14H12BrNOS. The van der Waals surface area contributed by atoms with Crippen molar-refractivity contribution in [1.29, 1.82) is 0 Å². The lowest BCUT2D eigenvalue weighted by Crippen LogP contribution is -2.11. The molecule has 4 heteroatoms. The molecule has 0 aromatic heterocycles. The summed E-state index contributed by atoms with van der Waals surface area (Å²) in [5.41, 5.74) is 1.43. The van der Waals surface area contributed by atoms with E-state index in [2.05, 4.69) is 21.2 Å². The lowest BCUT2D eigenvalue weighted by Gasteiger charge is -2.08. The molecule has 1 N–H and O–H groups in total. The van der Waals surface area contributed by atoms with Crippen molar-refractivity contribution < 1.29 is 4.79 Å². The first-order valence-electron chi connectivity index (χ1n) is 5.40. The van der Waals surface area contributed by atoms with E-state index in [1.165, 1.54) is 0 Å². The fourth-order valence-electron chi connectivity index (χ4n) is 1.51. The molecule has 2 rings (SSSR count). The van der Waals surface area contributed by atoms with Gasteiger partial charge in [-0.3, -0.25) is 4.79 Å². The normalized spacial score (nSPS) is 10.1. The fourth-order valence-corrected chi connectivity index (χ4v) is 2.58. The second-order valence-electron chi connectivity index (χ2n) is 3.67. The number of rotatable bonds is 3. The van der Waals surface area contributed by atoms with Gasteiger partial charge in [0.25, 0.3) is 5.91 Å². The van der Waals surface area contributed by atoms with Crippen LogP contribution in [-0.2, 0) is 0 Å². The zero-order valence-corrected chi connectivity index (χ0v) is 12.2. The predicted molar refractivity (Wildman–Crippen MR) is 80.3 cm³/mol. The maximum Gasteiger partial charge on any atom is 0.255 e. The topological polar surface area (TPSA) is 29.1 Å². The zero-order chi connectivity index (χ0) is 13.0. The standard InChI is InChI=1S/C14H12BrNOS/c1-18-11-7-8-13(12(15)9-11)16-14(17)10-5-3-2-4-6-10/h2-9H,1H3,(H,16,17). The SMILES string of the molecule is CSc1ccc(NC(=O)c2ccccc2)c(Br)c1. The first kappa shape index (κ1) is 13.2. The van der Waals surface area contributed by atoms with Crippen molar-refractivity contribution in [3.05, 3.63) is 58.6 Å². The van der Waals surface area contributed by atoms with Crippen LogP contribution in [0.5, 0.6) is 0 Å². The van der Waals surface area contributed by atoms with Gasteiger partial charge in [-0.15, -0.1) is 11.8 Å². The molecule has 18 heavy (non-hydrogen) atoms. The summed E-state index contributed by atoms with van der Waals surface area (Å²) in [6.07, 6.45) is 2.02. The number of carbonyl (C=O) groups excluding carboxylic acids is 1. The minimum atomic E-state index is -0.104. The Hall–Kier alpha value is -1.26. The van der Waals surface area contributed by atoms with Gasteiger partial charge in [0.1, 0.15) is 0 Å². The van der Waals surface area contributed by atoms with Crippen molar-refractivity contribution in [2.45, 2.75) is 4.90 Å². The van der Waals surface area contributed by atoms with Crippen molar-refractivity contribution in [1.82, 2.24) is 0 Å². The van der Waals surface area contributed by atoms with Crippen molar-refractivity contribution in [2.75, 3.05) is 11.6 Å². The van der Waals surface area contributed by atoms with Gasteiger partial charge in [-0.05, 0) is 52.5 Å². The van der Waals surface area contributed by atoms with E-state index in [-0.39, 0.29) is 5.91 Å². The number of halogens is 1. The molecule has 0 atom stereocenters. The molecular weight excluding hydrogens is 310 g/mol. The third-order valence-corrected chi connectivity index (χ3v) is 3.84. The van der Waals surface area contributed by atoms with E-state index >= 15 is 0 Å². The molecule has 0 heterocycles. The lowest BCUT2D eigenvalue weighted by atomic mass is 10.2. The van der Waals surface area contributed by atoms with Crippen molar-refractivity contribution in [3.8, 4) is 0 Å². The summed E-state index contributed by atoms with van der Waals surface area (Å²) < 4.78 is 0.888. The van der Waals surface area contributed by atoms with Gasteiger partial charge in [0, 0.05) is 14.9 Å². The van der Waals surface area contributed by atoms with E-state index in [9.17, 15) is 4.79 Å². The number of nitrogens with one attached hydrogen (secondary N) is 1. The Kier molecular flexibility index (Phi) is 4.44. The number of hydrogen-bond donors (Lipinski definition) is 1. The van der Waals surface area contributed by atoms with E-state index < -0.39 is 0 Å². The second-order valence-corrected chi connectivity index (χ2v) is 5.40. The summed E-state index contributed by atoms with van der Waals surface area (Å²) in [5, 5.41) is 2.88. The van der Waals surface area contributed by atoms with Gasteiger partial charge < -0.3 is 5.32 Å². The van der Waals surface area contributed by atoms with Crippen LogP contribution in [-0.4, -0.2) is 12.2 Å². The van der Waals surface area contributed by atoms with Crippen LogP contribution in [0.2, 0.25) is 0 Å². The molecule has 0 aliphatic carbocycles. The highest BCUT2D eigenvalue weighted by molar-refractivity contribution is 9.10. The molecule has 0 radical (unpaired) electrons. The van der Waals surface area contributed by atoms with Crippen LogP contribution in [0, 0.1) is 0 Å². The van der Waals surface area contributed by atoms with E-state index in [4.69, 9.17) is 0 Å². The largest absolute Gasteiger partial charge is 0.321 e. The Labute approximate surface area is 119 Å². The maximum absolute atomic E-state index is 12.0. The highest BCUT2D eigenvalue weighted by Crippen LogP contribution is 2.27. The molecule has 92 valence electrons. The van der Waals surface area contributed by atoms with Crippen LogP contribution in [0.4, 0.5) is 5.69 Å². The first-order valence-corrected chi connectivity index (χ1v) is 7.42.